The van der Waals surface area contributed by atoms with Crippen LogP contribution in [-0.4, -0.2) is 56.3 Å². The number of hydrogen-bond donors (Lipinski definition) is 2. The summed E-state index contributed by atoms with van der Waals surface area (Å²) in [5, 5.41) is 3.35. The van der Waals surface area contributed by atoms with E-state index in [0.717, 1.165) is 59.4 Å². The van der Waals surface area contributed by atoms with E-state index in [1.807, 2.05) is 113 Å². The topological polar surface area (TPSA) is 134 Å². The van der Waals surface area contributed by atoms with E-state index in [1.54, 1.807) is 26.4 Å². The summed E-state index contributed by atoms with van der Waals surface area (Å²) < 4.78 is 30.8. The Kier molecular flexibility index (Phi) is 19.8. The molecule has 1 aliphatic rings. The summed E-state index contributed by atoms with van der Waals surface area (Å²) in [4.78, 5) is 34.5. The van der Waals surface area contributed by atoms with Crippen molar-refractivity contribution in [1.29, 1.82) is 0 Å². The van der Waals surface area contributed by atoms with Gasteiger partial charge in [-0.2, -0.15) is 0 Å². The number of aromatic nitrogens is 1. The van der Waals surface area contributed by atoms with Gasteiger partial charge in [0.1, 0.15) is 18.9 Å². The minimum atomic E-state index is -0.716. The fourth-order valence-corrected chi connectivity index (χ4v) is 8.40. The van der Waals surface area contributed by atoms with Crippen LogP contribution in [0.1, 0.15) is 136 Å². The predicted octanol–water partition coefficient (Wildman–Crippen LogP) is 11.9. The highest BCUT2D eigenvalue weighted by molar-refractivity contribution is 6.08. The molecule has 0 aliphatic carbocycles. The van der Waals surface area contributed by atoms with Crippen molar-refractivity contribution in [1.82, 2.24) is 4.98 Å². The number of para-hydroxylation sites is 2. The minimum Gasteiger partial charge on any atom is -0.493 e. The van der Waals surface area contributed by atoms with Gasteiger partial charge in [0.2, 0.25) is 0 Å². The zero-order valence-electron chi connectivity index (χ0n) is 41.2. The fraction of sp³-hybridized carbons (Fsp3) is 0.446. The van der Waals surface area contributed by atoms with E-state index in [0.29, 0.717) is 71.5 Å². The van der Waals surface area contributed by atoms with Gasteiger partial charge in [0, 0.05) is 42.0 Å². The molecule has 0 radical (unpaired) electrons. The van der Waals surface area contributed by atoms with Crippen molar-refractivity contribution in [2.45, 2.75) is 127 Å². The number of carbonyl (C=O) groups is 2. The van der Waals surface area contributed by atoms with Crippen LogP contribution in [0, 0.1) is 12.3 Å². The maximum Gasteiger partial charge on any atom is 0.258 e. The molecule has 1 atom stereocenters. The number of ether oxygens (including phenoxy) is 5. The number of methoxy groups -OCH3 is 2. The Balaban J connectivity index is 0.00000322. The van der Waals surface area contributed by atoms with Crippen LogP contribution in [0.2, 0.25) is 0 Å². The monoisotopic (exact) mass is 917 g/mol. The average Bonchev–Trinajstić information content (AvgIpc) is 3.74. The Hall–Kier alpha value is -5.91. The number of benzene rings is 4. The summed E-state index contributed by atoms with van der Waals surface area (Å²) in [5.41, 5.74) is 14.7. The second-order valence-electron chi connectivity index (χ2n) is 17.7. The largest absolute Gasteiger partial charge is 0.493 e. The molecule has 0 bridgehead atoms. The summed E-state index contributed by atoms with van der Waals surface area (Å²) in [6.07, 6.45) is 4.06. The third kappa shape index (κ3) is 14.1. The molecule has 0 spiro atoms. The van der Waals surface area contributed by atoms with Gasteiger partial charge >= 0.3 is 0 Å². The molecule has 11 nitrogen and oxygen atoms in total. The molecule has 2 heterocycles. The average molecular weight is 917 g/mol. The Morgan fingerprint density at radius 3 is 2.03 bits per heavy atom. The quantitative estimate of drug-likeness (QED) is 0.0510. The first-order chi connectivity index (χ1) is 31.7. The highest BCUT2D eigenvalue weighted by atomic mass is 16.5. The lowest BCUT2D eigenvalue weighted by Crippen LogP contribution is -2.42. The third-order valence-corrected chi connectivity index (χ3v) is 11.6. The van der Waals surface area contributed by atoms with E-state index in [-0.39, 0.29) is 44.2 Å². The molecule has 3 N–H and O–H groups in total. The Bertz CT molecular complexity index is 2430. The molecule has 6 rings (SSSR count). The van der Waals surface area contributed by atoms with Crippen molar-refractivity contribution in [3.8, 4) is 23.0 Å². The standard InChI is InChI=1S/C53H66N4O7.C2H6.CH4/c1-10-22-53(7,54)64-34-52(5,6)31-36-25-40(32-62-49-24-35(4)42(29-47(49)60-8)46(58)27-39-18-13-15-19-44(39)55-12-3)56-41(26-36)33-63-50-28-37(11-2)43(30-48(50)61-9)51(59)57-23-21-38-17-14-16-20-45(38)57;1-2;/h13-20,24-26,28-30,55H,10-12,21-23,27,31-34,54H2,1-9H3;1-2H3;1H4. The van der Waals surface area contributed by atoms with Crippen molar-refractivity contribution in [3.05, 3.63) is 135 Å². The number of pyridine rings is 1. The second kappa shape index (κ2) is 24.7. The van der Waals surface area contributed by atoms with Crippen LogP contribution in [0.4, 0.5) is 11.4 Å². The van der Waals surface area contributed by atoms with Crippen LogP contribution in [0.3, 0.4) is 0 Å². The number of nitrogens with two attached hydrogens (primary N) is 1. The number of nitrogens with zero attached hydrogens (tertiary/aromatic N) is 2. The molecule has 4 aromatic carbocycles. The van der Waals surface area contributed by atoms with Crippen molar-refractivity contribution in [2.75, 3.05) is 44.1 Å². The smallest absolute Gasteiger partial charge is 0.258 e. The highest BCUT2D eigenvalue weighted by Crippen LogP contribution is 2.36. The summed E-state index contributed by atoms with van der Waals surface area (Å²) >= 11 is 0. The number of hydrogen-bond acceptors (Lipinski definition) is 10. The van der Waals surface area contributed by atoms with Crippen LogP contribution in [0.15, 0.2) is 84.9 Å². The first-order valence-corrected chi connectivity index (χ1v) is 23.5. The van der Waals surface area contributed by atoms with Gasteiger partial charge in [0.15, 0.2) is 28.8 Å². The predicted molar refractivity (Wildman–Crippen MR) is 272 cm³/mol. The van der Waals surface area contributed by atoms with Crippen molar-refractivity contribution < 1.29 is 33.3 Å². The van der Waals surface area contributed by atoms with Crippen molar-refractivity contribution in [3.63, 3.8) is 0 Å². The number of ketones is 1. The number of aryl methyl sites for hydroxylation is 2. The van der Waals surface area contributed by atoms with Gasteiger partial charge in [-0.15, -0.1) is 0 Å². The van der Waals surface area contributed by atoms with E-state index in [9.17, 15) is 9.59 Å². The molecule has 1 aromatic heterocycles. The number of rotatable bonds is 22. The van der Waals surface area contributed by atoms with Gasteiger partial charge in [-0.25, -0.2) is 0 Å². The lowest BCUT2D eigenvalue weighted by molar-refractivity contribution is -0.0674. The van der Waals surface area contributed by atoms with Gasteiger partial charge in [-0.05, 0) is 128 Å². The van der Waals surface area contributed by atoms with E-state index < -0.39 is 5.72 Å². The molecule has 0 saturated carbocycles. The number of amides is 1. The zero-order chi connectivity index (χ0) is 48.0. The number of fused-ring (bicyclic) bond motifs is 1. The van der Waals surface area contributed by atoms with Crippen LogP contribution < -0.4 is 34.9 Å². The molecule has 1 unspecified atom stereocenters. The normalized spacial score (nSPS) is 12.7. The van der Waals surface area contributed by atoms with E-state index in [1.165, 1.54) is 5.56 Å². The van der Waals surface area contributed by atoms with Crippen LogP contribution >= 0.6 is 0 Å². The van der Waals surface area contributed by atoms with Gasteiger partial charge in [-0.3, -0.25) is 14.6 Å². The Morgan fingerprint density at radius 1 is 0.791 bits per heavy atom. The van der Waals surface area contributed by atoms with E-state index >= 15 is 0 Å². The summed E-state index contributed by atoms with van der Waals surface area (Å²) in [6, 6.07) is 27.3. The van der Waals surface area contributed by atoms with Crippen molar-refractivity contribution >= 4 is 23.1 Å². The molecule has 362 valence electrons. The van der Waals surface area contributed by atoms with E-state index in [2.05, 4.69) is 32.2 Å². The Labute approximate surface area is 400 Å². The maximum absolute atomic E-state index is 14.0. The van der Waals surface area contributed by atoms with Gasteiger partial charge in [0.25, 0.3) is 5.91 Å². The zero-order valence-corrected chi connectivity index (χ0v) is 41.2. The minimum absolute atomic E-state index is 0. The highest BCUT2D eigenvalue weighted by Gasteiger charge is 2.29. The molecular weight excluding hydrogens is 841 g/mol. The molecular formula is C56H76N4O7. The first-order valence-electron chi connectivity index (χ1n) is 23.5. The first kappa shape index (κ1) is 53.7. The molecule has 1 amide bonds. The maximum atomic E-state index is 14.0. The second-order valence-corrected chi connectivity index (χ2v) is 17.7. The number of carbonyl (C=O) groups excluding carboxylic acids is 2. The summed E-state index contributed by atoms with van der Waals surface area (Å²) in [6.45, 7) is 20.5. The van der Waals surface area contributed by atoms with Crippen LogP contribution in [0.25, 0.3) is 0 Å². The van der Waals surface area contributed by atoms with Gasteiger partial charge in [-0.1, -0.05) is 91.8 Å². The Morgan fingerprint density at radius 2 is 1.40 bits per heavy atom. The van der Waals surface area contributed by atoms with Gasteiger partial charge < -0.3 is 39.6 Å². The third-order valence-electron chi connectivity index (χ3n) is 11.6. The van der Waals surface area contributed by atoms with E-state index in [4.69, 9.17) is 34.4 Å². The lowest BCUT2D eigenvalue weighted by atomic mass is 9.86. The lowest BCUT2D eigenvalue weighted by Gasteiger charge is -2.32. The molecule has 67 heavy (non-hydrogen) atoms. The van der Waals surface area contributed by atoms with Crippen LogP contribution in [-0.2, 0) is 43.6 Å². The molecule has 0 fully saturated rings. The molecule has 11 heteroatoms. The van der Waals surface area contributed by atoms with Crippen molar-refractivity contribution in [2.24, 2.45) is 11.1 Å². The molecule has 1 aliphatic heterocycles. The fourth-order valence-electron chi connectivity index (χ4n) is 8.40. The SMILES string of the molecule is C.CC.CCCC(C)(N)OCC(C)(C)Cc1cc(COc2cc(C)c(C(=O)Cc3ccccc3NCC)cc2OC)nc(COc2cc(CC)c(C(=O)N3CCc4ccccc43)cc2OC)c1. The number of Topliss-reactive ketones (excluding diaryl/α,β-unsaturated/α-hetero) is 1. The van der Waals surface area contributed by atoms with Crippen LogP contribution in [0.5, 0.6) is 23.0 Å². The van der Waals surface area contributed by atoms with Gasteiger partial charge in [0.05, 0.1) is 32.2 Å². The number of nitrogens with one attached hydrogen (secondary N) is 1. The number of anilines is 2. The molecule has 0 saturated heterocycles. The summed E-state index contributed by atoms with van der Waals surface area (Å²) in [7, 11) is 3.16. The molecule has 5 aromatic rings. The summed E-state index contributed by atoms with van der Waals surface area (Å²) in [5.74, 6) is 1.89.